The largest absolute Gasteiger partial charge is 0.381 e. The number of aryl methyl sites for hydroxylation is 1. The van der Waals surface area contributed by atoms with E-state index in [1.807, 2.05) is 18.2 Å². The van der Waals surface area contributed by atoms with Crippen molar-refractivity contribution in [3.8, 4) is 6.07 Å². The van der Waals surface area contributed by atoms with Gasteiger partial charge >= 0.3 is 0 Å². The predicted molar refractivity (Wildman–Crippen MR) is 136 cm³/mol. The topological polar surface area (TPSA) is 118 Å². The molecule has 1 saturated heterocycles. The molecule has 4 aromatic rings. The molecule has 1 aromatic carbocycles. The van der Waals surface area contributed by atoms with Crippen LogP contribution in [0, 0.1) is 11.3 Å². The lowest BCUT2D eigenvalue weighted by molar-refractivity contribution is 0.0903. The molecule has 182 valence electrons. The van der Waals surface area contributed by atoms with E-state index in [0.717, 1.165) is 48.5 Å². The van der Waals surface area contributed by atoms with Crippen molar-refractivity contribution >= 4 is 34.2 Å². The lowest BCUT2D eigenvalue weighted by atomic mass is 10.0. The quantitative estimate of drug-likeness (QED) is 0.410. The number of ether oxygens (including phenoxy) is 1. The van der Waals surface area contributed by atoms with Crippen molar-refractivity contribution in [1.29, 1.82) is 5.26 Å². The summed E-state index contributed by atoms with van der Waals surface area (Å²) < 4.78 is 7.11. The maximum Gasteiger partial charge on any atom is 0.270 e. The third kappa shape index (κ3) is 5.00. The molecule has 4 heterocycles. The highest BCUT2D eigenvalue weighted by Gasteiger charge is 2.22. The van der Waals surface area contributed by atoms with Crippen LogP contribution in [0.2, 0.25) is 5.02 Å². The second-order valence-corrected chi connectivity index (χ2v) is 9.03. The van der Waals surface area contributed by atoms with Gasteiger partial charge in [0.05, 0.1) is 27.8 Å². The zero-order valence-electron chi connectivity index (χ0n) is 19.6. The van der Waals surface area contributed by atoms with Gasteiger partial charge in [0.25, 0.3) is 5.91 Å². The van der Waals surface area contributed by atoms with E-state index in [1.54, 1.807) is 48.4 Å². The van der Waals surface area contributed by atoms with Crippen molar-refractivity contribution in [3.05, 3.63) is 82.4 Å². The van der Waals surface area contributed by atoms with Crippen LogP contribution in [-0.4, -0.2) is 44.9 Å². The number of rotatable bonds is 6. The van der Waals surface area contributed by atoms with Crippen LogP contribution in [0.15, 0.2) is 54.9 Å². The second-order valence-electron chi connectivity index (χ2n) is 8.63. The fourth-order valence-corrected chi connectivity index (χ4v) is 4.51. The molecular weight excluding hydrogens is 478 g/mol. The maximum absolute atomic E-state index is 13.4. The molecule has 5 rings (SSSR count). The summed E-state index contributed by atoms with van der Waals surface area (Å²) in [6, 6.07) is 14.1. The fraction of sp³-hybridized carbons (Fsp3) is 0.269. The van der Waals surface area contributed by atoms with Gasteiger partial charge in [-0.2, -0.15) is 10.4 Å². The van der Waals surface area contributed by atoms with Gasteiger partial charge in [0.2, 0.25) is 0 Å². The Morgan fingerprint density at radius 1 is 1.22 bits per heavy atom. The van der Waals surface area contributed by atoms with E-state index in [2.05, 4.69) is 31.8 Å². The van der Waals surface area contributed by atoms with Gasteiger partial charge in [-0.05, 0) is 48.7 Å². The number of benzene rings is 1. The first-order valence-electron chi connectivity index (χ1n) is 11.6. The third-order valence-electron chi connectivity index (χ3n) is 6.26. The van der Waals surface area contributed by atoms with E-state index in [-0.39, 0.29) is 11.6 Å². The Kier molecular flexibility index (Phi) is 6.80. The van der Waals surface area contributed by atoms with Gasteiger partial charge in [0, 0.05) is 50.1 Å². The van der Waals surface area contributed by atoms with Crippen LogP contribution in [0.25, 0.3) is 10.9 Å². The average molecular weight is 502 g/mol. The Morgan fingerprint density at radius 2 is 2.06 bits per heavy atom. The summed E-state index contributed by atoms with van der Waals surface area (Å²) in [6.45, 7) is 1.46. The first-order valence-corrected chi connectivity index (χ1v) is 12.0. The van der Waals surface area contributed by atoms with Crippen LogP contribution in [0.3, 0.4) is 0 Å². The van der Waals surface area contributed by atoms with E-state index in [1.165, 1.54) is 0 Å². The number of anilines is 1. The number of carbonyl (C=O) groups excluding carboxylic acids is 1. The van der Waals surface area contributed by atoms with Crippen molar-refractivity contribution in [1.82, 2.24) is 25.1 Å². The smallest absolute Gasteiger partial charge is 0.270 e. The highest BCUT2D eigenvalue weighted by molar-refractivity contribution is 6.31. The molecule has 0 radical (unpaired) electrons. The van der Waals surface area contributed by atoms with Crippen molar-refractivity contribution in [2.75, 3.05) is 18.5 Å². The van der Waals surface area contributed by atoms with Gasteiger partial charge in [0.15, 0.2) is 0 Å². The van der Waals surface area contributed by atoms with Crippen LogP contribution < -0.4 is 10.6 Å². The summed E-state index contributed by atoms with van der Waals surface area (Å²) in [6.07, 6.45) is 5.26. The number of aromatic nitrogens is 4. The number of hydrogen-bond donors (Lipinski definition) is 2. The minimum Gasteiger partial charge on any atom is -0.381 e. The molecule has 0 bridgehead atoms. The normalized spacial score (nSPS) is 14.8. The maximum atomic E-state index is 13.4. The van der Waals surface area contributed by atoms with Gasteiger partial charge < -0.3 is 15.4 Å². The van der Waals surface area contributed by atoms with Gasteiger partial charge in [0.1, 0.15) is 17.6 Å². The van der Waals surface area contributed by atoms with Crippen LogP contribution in [-0.2, 0) is 11.8 Å². The Bertz CT molecular complexity index is 1460. The monoisotopic (exact) mass is 501 g/mol. The standard InChI is InChI=1S/C26H24ClN7O2/c1-34-23(6-9-30-34)25(16-2-3-17(14-28)20(27)12-16)33-26(35)21-5-4-18-15-29-24(13-22(18)32-21)31-19-7-10-36-11-8-19/h2-6,9,12-13,15,19,25H,7-8,10-11H2,1H3,(H,29,31)(H,33,35). The number of fused-ring (bicyclic) bond motifs is 1. The van der Waals surface area contributed by atoms with E-state index < -0.39 is 6.04 Å². The van der Waals surface area contributed by atoms with Gasteiger partial charge in [-0.15, -0.1) is 0 Å². The van der Waals surface area contributed by atoms with E-state index in [9.17, 15) is 10.1 Å². The molecule has 0 saturated carbocycles. The molecule has 3 aromatic heterocycles. The van der Waals surface area contributed by atoms with E-state index >= 15 is 0 Å². The molecule has 1 atom stereocenters. The van der Waals surface area contributed by atoms with Crippen molar-refractivity contribution in [2.45, 2.75) is 24.9 Å². The van der Waals surface area contributed by atoms with Crippen LogP contribution >= 0.6 is 11.6 Å². The van der Waals surface area contributed by atoms with Crippen molar-refractivity contribution in [2.24, 2.45) is 7.05 Å². The number of hydrogen-bond acceptors (Lipinski definition) is 7. The van der Waals surface area contributed by atoms with Crippen LogP contribution in [0.1, 0.15) is 46.2 Å². The van der Waals surface area contributed by atoms with Crippen LogP contribution in [0.4, 0.5) is 5.82 Å². The summed E-state index contributed by atoms with van der Waals surface area (Å²) in [7, 11) is 1.80. The number of amides is 1. The molecule has 1 aliphatic heterocycles. The van der Waals surface area contributed by atoms with Gasteiger partial charge in [-0.25, -0.2) is 9.97 Å². The number of nitrogens with zero attached hydrogens (tertiary/aromatic N) is 5. The average Bonchev–Trinajstić information content (AvgIpc) is 3.32. The summed E-state index contributed by atoms with van der Waals surface area (Å²) in [5.41, 5.74) is 2.80. The zero-order chi connectivity index (χ0) is 25.1. The van der Waals surface area contributed by atoms with Gasteiger partial charge in [-0.1, -0.05) is 17.7 Å². The molecule has 0 spiro atoms. The molecule has 0 aliphatic carbocycles. The molecule has 1 amide bonds. The lowest BCUT2D eigenvalue weighted by Gasteiger charge is -2.23. The molecular formula is C26H24ClN7O2. The summed E-state index contributed by atoms with van der Waals surface area (Å²) in [5.74, 6) is 0.374. The number of halogens is 1. The zero-order valence-corrected chi connectivity index (χ0v) is 20.4. The van der Waals surface area contributed by atoms with Crippen molar-refractivity contribution in [3.63, 3.8) is 0 Å². The SMILES string of the molecule is Cn1nccc1C(NC(=O)c1ccc2cnc(NC3CCOCC3)cc2n1)c1ccc(C#N)c(Cl)c1. The number of nitriles is 1. The minimum atomic E-state index is -0.545. The lowest BCUT2D eigenvalue weighted by Crippen LogP contribution is -2.31. The molecule has 2 N–H and O–H groups in total. The molecule has 1 unspecified atom stereocenters. The van der Waals surface area contributed by atoms with Crippen molar-refractivity contribution < 1.29 is 9.53 Å². The highest BCUT2D eigenvalue weighted by Crippen LogP contribution is 2.27. The molecule has 36 heavy (non-hydrogen) atoms. The number of pyridine rings is 2. The molecule has 1 aliphatic rings. The predicted octanol–water partition coefficient (Wildman–Crippen LogP) is 4.00. The number of nitrogens with one attached hydrogen (secondary N) is 2. The molecule has 10 heteroatoms. The first-order chi connectivity index (χ1) is 17.5. The van der Waals surface area contributed by atoms with Gasteiger partial charge in [-0.3, -0.25) is 9.48 Å². The minimum absolute atomic E-state index is 0.276. The summed E-state index contributed by atoms with van der Waals surface area (Å²) in [4.78, 5) is 22.5. The summed E-state index contributed by atoms with van der Waals surface area (Å²) >= 11 is 6.29. The van der Waals surface area contributed by atoms with E-state index in [4.69, 9.17) is 16.3 Å². The first kappa shape index (κ1) is 23.7. The summed E-state index contributed by atoms with van der Waals surface area (Å²) in [5, 5.41) is 21.1. The Labute approximate surface area is 213 Å². The Hall–Kier alpha value is -4.00. The third-order valence-corrected chi connectivity index (χ3v) is 6.57. The molecule has 1 fully saturated rings. The number of carbonyl (C=O) groups is 1. The van der Waals surface area contributed by atoms with Crippen LogP contribution in [0.5, 0.6) is 0 Å². The highest BCUT2D eigenvalue weighted by atomic mass is 35.5. The Balaban J connectivity index is 1.42. The van der Waals surface area contributed by atoms with E-state index in [0.29, 0.717) is 22.1 Å². The molecule has 9 nitrogen and oxygen atoms in total. The second kappa shape index (κ2) is 10.3. The fourth-order valence-electron chi connectivity index (χ4n) is 4.27. The Morgan fingerprint density at radius 3 is 2.78 bits per heavy atom.